The van der Waals surface area contributed by atoms with Crippen LogP contribution in [0.2, 0.25) is 0 Å². The standard InChI is InChI=1S/C8H11N5S/c1-6-7(2-3-9)11-12-13(6)8-10-4-5-14-8/h4-5H,2-3,9H2,1H3. The minimum absolute atomic E-state index is 0.595. The van der Waals surface area contributed by atoms with Crippen molar-refractivity contribution in [1.29, 1.82) is 0 Å². The molecule has 0 unspecified atom stereocenters. The number of hydrogen-bond donors (Lipinski definition) is 1. The monoisotopic (exact) mass is 209 g/mol. The van der Waals surface area contributed by atoms with E-state index < -0.39 is 0 Å². The Bertz CT molecular complexity index is 405. The molecule has 0 spiro atoms. The third-order valence-corrected chi connectivity index (χ3v) is 2.72. The Morgan fingerprint density at radius 1 is 1.57 bits per heavy atom. The molecule has 0 aromatic carbocycles. The van der Waals surface area contributed by atoms with Crippen molar-refractivity contribution < 1.29 is 0 Å². The predicted molar refractivity (Wildman–Crippen MR) is 54.5 cm³/mol. The van der Waals surface area contributed by atoms with Gasteiger partial charge in [0.1, 0.15) is 0 Å². The van der Waals surface area contributed by atoms with E-state index in [1.807, 2.05) is 12.3 Å². The van der Waals surface area contributed by atoms with Gasteiger partial charge in [-0.2, -0.15) is 4.68 Å². The molecule has 2 N–H and O–H groups in total. The van der Waals surface area contributed by atoms with E-state index in [-0.39, 0.29) is 0 Å². The lowest BCUT2D eigenvalue weighted by atomic mass is 10.2. The van der Waals surface area contributed by atoms with Crippen LogP contribution in [0.3, 0.4) is 0 Å². The molecule has 5 nitrogen and oxygen atoms in total. The van der Waals surface area contributed by atoms with Gasteiger partial charge in [-0.1, -0.05) is 5.21 Å². The molecule has 0 saturated carbocycles. The van der Waals surface area contributed by atoms with Crippen LogP contribution in [0, 0.1) is 6.92 Å². The van der Waals surface area contributed by atoms with Gasteiger partial charge >= 0.3 is 0 Å². The van der Waals surface area contributed by atoms with E-state index in [4.69, 9.17) is 5.73 Å². The molecule has 2 heterocycles. The quantitative estimate of drug-likeness (QED) is 0.800. The fraction of sp³-hybridized carbons (Fsp3) is 0.375. The Morgan fingerprint density at radius 2 is 2.43 bits per heavy atom. The molecule has 74 valence electrons. The van der Waals surface area contributed by atoms with Gasteiger partial charge in [0.05, 0.1) is 11.4 Å². The molecule has 2 rings (SSSR count). The third-order valence-electron chi connectivity index (χ3n) is 1.97. The summed E-state index contributed by atoms with van der Waals surface area (Å²) in [6.07, 6.45) is 2.51. The summed E-state index contributed by atoms with van der Waals surface area (Å²) in [4.78, 5) is 4.17. The van der Waals surface area contributed by atoms with Gasteiger partial charge in [0.2, 0.25) is 5.13 Å². The van der Waals surface area contributed by atoms with Gasteiger partial charge in [-0.25, -0.2) is 4.98 Å². The highest BCUT2D eigenvalue weighted by Gasteiger charge is 2.10. The second-order valence-electron chi connectivity index (χ2n) is 2.89. The minimum Gasteiger partial charge on any atom is -0.330 e. The van der Waals surface area contributed by atoms with Gasteiger partial charge < -0.3 is 5.73 Å². The SMILES string of the molecule is Cc1c(CCN)nnn1-c1nccs1. The first-order valence-corrected chi connectivity index (χ1v) is 5.22. The average molecular weight is 209 g/mol. The molecular formula is C8H11N5S. The maximum Gasteiger partial charge on any atom is 0.211 e. The number of rotatable bonds is 3. The molecule has 0 aliphatic heterocycles. The van der Waals surface area contributed by atoms with Crippen molar-refractivity contribution >= 4 is 11.3 Å². The van der Waals surface area contributed by atoms with Crippen LogP contribution < -0.4 is 5.73 Å². The molecule has 2 aromatic rings. The Kier molecular flexibility index (Phi) is 2.55. The lowest BCUT2D eigenvalue weighted by molar-refractivity contribution is 0.776. The molecule has 2 aromatic heterocycles. The van der Waals surface area contributed by atoms with Crippen LogP contribution in [0.25, 0.3) is 5.13 Å². The van der Waals surface area contributed by atoms with Crippen LogP contribution in [0.4, 0.5) is 0 Å². The summed E-state index contributed by atoms with van der Waals surface area (Å²) in [5, 5.41) is 10.9. The summed E-state index contributed by atoms with van der Waals surface area (Å²) < 4.78 is 1.75. The minimum atomic E-state index is 0.595. The molecule has 0 atom stereocenters. The first kappa shape index (κ1) is 9.29. The number of hydrogen-bond acceptors (Lipinski definition) is 5. The Balaban J connectivity index is 2.36. The molecule has 0 fully saturated rings. The van der Waals surface area contributed by atoms with Crippen molar-refractivity contribution in [3.8, 4) is 5.13 Å². The van der Waals surface area contributed by atoms with Crippen LogP contribution in [0.15, 0.2) is 11.6 Å². The fourth-order valence-corrected chi connectivity index (χ4v) is 1.87. The van der Waals surface area contributed by atoms with E-state index >= 15 is 0 Å². The zero-order chi connectivity index (χ0) is 9.97. The molecule has 14 heavy (non-hydrogen) atoms. The zero-order valence-corrected chi connectivity index (χ0v) is 8.66. The maximum absolute atomic E-state index is 5.47. The summed E-state index contributed by atoms with van der Waals surface area (Å²) in [6.45, 7) is 2.57. The van der Waals surface area contributed by atoms with Gasteiger partial charge in [-0.3, -0.25) is 0 Å². The Hall–Kier alpha value is -1.27. The summed E-state index contributed by atoms with van der Waals surface area (Å²) in [5.74, 6) is 0. The van der Waals surface area contributed by atoms with Crippen LogP contribution in [-0.2, 0) is 6.42 Å². The predicted octanol–water partition coefficient (Wildman–Crippen LogP) is 0.533. The van der Waals surface area contributed by atoms with E-state index in [0.29, 0.717) is 6.54 Å². The maximum atomic E-state index is 5.47. The van der Waals surface area contributed by atoms with Crippen LogP contribution in [0.5, 0.6) is 0 Å². The summed E-state index contributed by atoms with van der Waals surface area (Å²) in [7, 11) is 0. The highest BCUT2D eigenvalue weighted by molar-refractivity contribution is 7.12. The first-order chi connectivity index (χ1) is 6.83. The fourth-order valence-electron chi connectivity index (χ4n) is 1.23. The topological polar surface area (TPSA) is 69.6 Å². The van der Waals surface area contributed by atoms with Gasteiger partial charge in [-0.15, -0.1) is 16.4 Å². The molecule has 6 heteroatoms. The molecule has 0 radical (unpaired) electrons. The number of thiazole rings is 1. The van der Waals surface area contributed by atoms with Crippen molar-refractivity contribution in [2.45, 2.75) is 13.3 Å². The summed E-state index contributed by atoms with van der Waals surface area (Å²) in [6, 6.07) is 0. The molecule has 0 bridgehead atoms. The largest absolute Gasteiger partial charge is 0.330 e. The molecule has 0 aliphatic rings. The molecule has 0 aliphatic carbocycles. The van der Waals surface area contributed by atoms with Crippen LogP contribution >= 0.6 is 11.3 Å². The molecular weight excluding hydrogens is 198 g/mol. The Morgan fingerprint density at radius 3 is 3.07 bits per heavy atom. The summed E-state index contributed by atoms with van der Waals surface area (Å²) >= 11 is 1.54. The van der Waals surface area contributed by atoms with Crippen molar-refractivity contribution in [2.75, 3.05) is 6.54 Å². The van der Waals surface area contributed by atoms with Crippen molar-refractivity contribution in [3.63, 3.8) is 0 Å². The van der Waals surface area contributed by atoms with Gasteiger partial charge in [0.15, 0.2) is 0 Å². The molecule has 0 saturated heterocycles. The van der Waals surface area contributed by atoms with Gasteiger partial charge in [-0.05, 0) is 13.5 Å². The van der Waals surface area contributed by atoms with Gasteiger partial charge in [0, 0.05) is 18.0 Å². The lowest BCUT2D eigenvalue weighted by Crippen LogP contribution is -2.05. The van der Waals surface area contributed by atoms with Gasteiger partial charge in [0.25, 0.3) is 0 Å². The van der Waals surface area contributed by atoms with Crippen LogP contribution in [0.1, 0.15) is 11.4 Å². The first-order valence-electron chi connectivity index (χ1n) is 4.34. The Labute approximate surface area is 85.6 Å². The number of nitrogens with two attached hydrogens (primary N) is 1. The number of nitrogens with zero attached hydrogens (tertiary/aromatic N) is 4. The summed E-state index contributed by atoms with van der Waals surface area (Å²) in [5.41, 5.74) is 7.43. The van der Waals surface area contributed by atoms with E-state index in [9.17, 15) is 0 Å². The highest BCUT2D eigenvalue weighted by Crippen LogP contribution is 2.14. The van der Waals surface area contributed by atoms with Crippen molar-refractivity contribution in [1.82, 2.24) is 20.0 Å². The normalized spacial score (nSPS) is 10.7. The zero-order valence-electron chi connectivity index (χ0n) is 7.84. The van der Waals surface area contributed by atoms with E-state index in [2.05, 4.69) is 15.3 Å². The van der Waals surface area contributed by atoms with Crippen LogP contribution in [-0.4, -0.2) is 26.5 Å². The van der Waals surface area contributed by atoms with E-state index in [1.165, 1.54) is 11.3 Å². The second-order valence-corrected chi connectivity index (χ2v) is 3.76. The lowest BCUT2D eigenvalue weighted by Gasteiger charge is -1.97. The second kappa shape index (κ2) is 3.85. The van der Waals surface area contributed by atoms with Crippen molar-refractivity contribution in [3.05, 3.63) is 23.0 Å². The van der Waals surface area contributed by atoms with E-state index in [1.54, 1.807) is 10.9 Å². The smallest absolute Gasteiger partial charge is 0.211 e. The third kappa shape index (κ3) is 1.53. The van der Waals surface area contributed by atoms with Crippen molar-refractivity contribution in [2.24, 2.45) is 5.73 Å². The average Bonchev–Trinajstić information content (AvgIpc) is 2.77. The number of aromatic nitrogens is 4. The van der Waals surface area contributed by atoms with E-state index in [0.717, 1.165) is 22.9 Å². The highest BCUT2D eigenvalue weighted by atomic mass is 32.1. The molecule has 0 amide bonds.